The van der Waals surface area contributed by atoms with Crippen LogP contribution in [0.5, 0.6) is 0 Å². The molecule has 0 aromatic heterocycles. The highest BCUT2D eigenvalue weighted by molar-refractivity contribution is 6.11. The van der Waals surface area contributed by atoms with Gasteiger partial charge in [-0.15, -0.1) is 0 Å². The first-order chi connectivity index (χ1) is 12.2. The lowest BCUT2D eigenvalue weighted by atomic mass is 9.77. The number of allylic oxidation sites excluding steroid dienone is 1. The summed E-state index contributed by atoms with van der Waals surface area (Å²) in [4.78, 5) is 13.3. The summed E-state index contributed by atoms with van der Waals surface area (Å²) in [6.45, 7) is 1.84. The maximum Gasteiger partial charge on any atom is 0.203 e. The van der Waals surface area contributed by atoms with Crippen LogP contribution in [-0.4, -0.2) is 10.9 Å². The van der Waals surface area contributed by atoms with Gasteiger partial charge in [-0.3, -0.25) is 4.79 Å². The topological polar surface area (TPSA) is 37.3 Å². The fourth-order valence-electron chi connectivity index (χ4n) is 3.09. The molecule has 0 saturated carbocycles. The van der Waals surface area contributed by atoms with Crippen molar-refractivity contribution in [3.05, 3.63) is 114 Å². The molecule has 0 fully saturated rings. The van der Waals surface area contributed by atoms with E-state index >= 15 is 0 Å². The van der Waals surface area contributed by atoms with Gasteiger partial charge in [0.05, 0.1) is 0 Å². The van der Waals surface area contributed by atoms with Crippen molar-refractivity contribution in [2.45, 2.75) is 12.5 Å². The Balaban J connectivity index is 2.21. The van der Waals surface area contributed by atoms with Crippen LogP contribution in [0.2, 0.25) is 0 Å². The average molecular weight is 328 g/mol. The third-order valence-corrected chi connectivity index (χ3v) is 4.32. The SMILES string of the molecule is C/C=C(\c1ccccc1)C(O)(C(=O)c1ccccc1)c1ccccc1. The van der Waals surface area contributed by atoms with E-state index < -0.39 is 5.60 Å². The van der Waals surface area contributed by atoms with Gasteiger partial charge in [0.1, 0.15) is 0 Å². The maximum atomic E-state index is 13.3. The highest BCUT2D eigenvalue weighted by Crippen LogP contribution is 2.39. The maximum absolute atomic E-state index is 13.3. The Bertz CT molecular complexity index is 868. The van der Waals surface area contributed by atoms with Crippen molar-refractivity contribution >= 4 is 11.4 Å². The summed E-state index contributed by atoms with van der Waals surface area (Å²) in [6.07, 6.45) is 1.81. The Morgan fingerprint density at radius 2 is 1.20 bits per heavy atom. The molecular weight excluding hydrogens is 308 g/mol. The first-order valence-electron chi connectivity index (χ1n) is 8.28. The predicted octanol–water partition coefficient (Wildman–Crippen LogP) is 4.86. The molecule has 1 atom stereocenters. The first-order valence-corrected chi connectivity index (χ1v) is 8.28. The van der Waals surface area contributed by atoms with Crippen LogP contribution in [0.4, 0.5) is 0 Å². The highest BCUT2D eigenvalue weighted by Gasteiger charge is 2.42. The van der Waals surface area contributed by atoms with Crippen molar-refractivity contribution in [2.24, 2.45) is 0 Å². The smallest absolute Gasteiger partial charge is 0.203 e. The van der Waals surface area contributed by atoms with E-state index in [-0.39, 0.29) is 5.78 Å². The molecule has 124 valence electrons. The number of hydrogen-bond donors (Lipinski definition) is 1. The molecule has 3 aromatic rings. The third kappa shape index (κ3) is 3.17. The normalized spacial score (nSPS) is 13.9. The van der Waals surface area contributed by atoms with Crippen LogP contribution < -0.4 is 0 Å². The number of Topliss-reactive ketones (excluding diaryl/α,β-unsaturated/α-hetero) is 1. The fourth-order valence-corrected chi connectivity index (χ4v) is 3.09. The number of rotatable bonds is 5. The second-order valence-corrected chi connectivity index (χ2v) is 5.84. The van der Waals surface area contributed by atoms with E-state index in [0.29, 0.717) is 16.7 Å². The molecule has 0 aliphatic carbocycles. The summed E-state index contributed by atoms with van der Waals surface area (Å²) >= 11 is 0. The van der Waals surface area contributed by atoms with Crippen molar-refractivity contribution in [1.82, 2.24) is 0 Å². The minimum absolute atomic E-state index is 0.337. The van der Waals surface area contributed by atoms with Gasteiger partial charge in [0, 0.05) is 5.56 Å². The van der Waals surface area contributed by atoms with Crippen LogP contribution in [0.15, 0.2) is 97.1 Å². The average Bonchev–Trinajstić information content (AvgIpc) is 2.70. The van der Waals surface area contributed by atoms with Gasteiger partial charge in [-0.05, 0) is 23.6 Å². The van der Waals surface area contributed by atoms with Gasteiger partial charge in [0.25, 0.3) is 0 Å². The number of benzene rings is 3. The fraction of sp³-hybridized carbons (Fsp3) is 0.0870. The van der Waals surface area contributed by atoms with Crippen molar-refractivity contribution in [2.75, 3.05) is 0 Å². The van der Waals surface area contributed by atoms with E-state index in [1.807, 2.05) is 67.6 Å². The monoisotopic (exact) mass is 328 g/mol. The van der Waals surface area contributed by atoms with Crippen LogP contribution in [0.1, 0.15) is 28.4 Å². The number of ketones is 1. The molecule has 2 nitrogen and oxygen atoms in total. The molecule has 0 aliphatic rings. The molecule has 2 heteroatoms. The van der Waals surface area contributed by atoms with Crippen LogP contribution >= 0.6 is 0 Å². The molecular formula is C23H20O2. The minimum Gasteiger partial charge on any atom is -0.373 e. The zero-order valence-electron chi connectivity index (χ0n) is 14.1. The Labute approximate surface area is 148 Å². The standard InChI is InChI=1S/C23H20O2/c1-2-21(18-12-6-3-7-13-18)23(25,20-16-10-5-11-17-20)22(24)19-14-8-4-9-15-19/h2-17,25H,1H3/b21-2+. The Morgan fingerprint density at radius 3 is 1.68 bits per heavy atom. The molecule has 0 heterocycles. The van der Waals surface area contributed by atoms with Gasteiger partial charge in [0.15, 0.2) is 5.60 Å². The molecule has 25 heavy (non-hydrogen) atoms. The van der Waals surface area contributed by atoms with Gasteiger partial charge in [-0.25, -0.2) is 0 Å². The van der Waals surface area contributed by atoms with Gasteiger partial charge in [-0.1, -0.05) is 97.1 Å². The van der Waals surface area contributed by atoms with Crippen molar-refractivity contribution < 1.29 is 9.90 Å². The predicted molar refractivity (Wildman–Crippen MR) is 101 cm³/mol. The molecule has 0 spiro atoms. The summed E-state index contributed by atoms with van der Waals surface area (Å²) in [5.74, 6) is -0.337. The van der Waals surface area contributed by atoms with E-state index in [0.717, 1.165) is 5.56 Å². The molecule has 3 aromatic carbocycles. The summed E-state index contributed by atoms with van der Waals surface area (Å²) in [5.41, 5.74) is 0.678. The second kappa shape index (κ2) is 7.29. The van der Waals surface area contributed by atoms with Gasteiger partial charge >= 0.3 is 0 Å². The van der Waals surface area contributed by atoms with E-state index in [2.05, 4.69) is 0 Å². The molecule has 1 N–H and O–H groups in total. The van der Waals surface area contributed by atoms with Crippen molar-refractivity contribution in [3.8, 4) is 0 Å². The molecule has 0 saturated heterocycles. The summed E-state index contributed by atoms with van der Waals surface area (Å²) in [5, 5.41) is 11.7. The highest BCUT2D eigenvalue weighted by atomic mass is 16.3. The number of carbonyl (C=O) groups excluding carboxylic acids is 1. The molecule has 0 radical (unpaired) electrons. The quantitative estimate of drug-likeness (QED) is 0.679. The van der Waals surface area contributed by atoms with Crippen LogP contribution in [0.3, 0.4) is 0 Å². The van der Waals surface area contributed by atoms with Gasteiger partial charge in [0.2, 0.25) is 5.78 Å². The van der Waals surface area contributed by atoms with Gasteiger partial charge in [-0.2, -0.15) is 0 Å². The zero-order chi connectivity index (χ0) is 17.7. The molecule has 0 bridgehead atoms. The molecule has 1 unspecified atom stereocenters. The summed E-state index contributed by atoms with van der Waals surface area (Å²) < 4.78 is 0. The Morgan fingerprint density at radius 1 is 0.760 bits per heavy atom. The van der Waals surface area contributed by atoms with Crippen molar-refractivity contribution in [1.29, 1.82) is 0 Å². The molecule has 0 amide bonds. The third-order valence-electron chi connectivity index (χ3n) is 4.32. The number of aliphatic hydroxyl groups is 1. The Kier molecular flexibility index (Phi) is 4.92. The van der Waals surface area contributed by atoms with Crippen molar-refractivity contribution in [3.63, 3.8) is 0 Å². The lowest BCUT2D eigenvalue weighted by Crippen LogP contribution is -2.37. The van der Waals surface area contributed by atoms with Gasteiger partial charge < -0.3 is 5.11 Å². The Hall–Kier alpha value is -2.97. The van der Waals surface area contributed by atoms with E-state index in [1.54, 1.807) is 36.4 Å². The second-order valence-electron chi connectivity index (χ2n) is 5.84. The first kappa shape index (κ1) is 16.9. The zero-order valence-corrected chi connectivity index (χ0v) is 14.1. The van der Waals surface area contributed by atoms with E-state index in [4.69, 9.17) is 0 Å². The largest absolute Gasteiger partial charge is 0.373 e. The number of carbonyl (C=O) groups is 1. The van der Waals surface area contributed by atoms with Crippen LogP contribution in [0.25, 0.3) is 5.57 Å². The van der Waals surface area contributed by atoms with Crippen LogP contribution in [-0.2, 0) is 5.60 Å². The lowest BCUT2D eigenvalue weighted by Gasteiger charge is -2.30. The summed E-state index contributed by atoms with van der Waals surface area (Å²) in [7, 11) is 0. The number of hydrogen-bond acceptors (Lipinski definition) is 2. The lowest BCUT2D eigenvalue weighted by molar-refractivity contribution is 0.0555. The minimum atomic E-state index is -1.75. The van der Waals surface area contributed by atoms with E-state index in [9.17, 15) is 9.90 Å². The molecule has 0 aliphatic heterocycles. The summed E-state index contributed by atoms with van der Waals surface area (Å²) in [6, 6.07) is 27.5. The molecule has 3 rings (SSSR count). The van der Waals surface area contributed by atoms with Crippen LogP contribution in [0, 0.1) is 0 Å². The van der Waals surface area contributed by atoms with E-state index in [1.165, 1.54) is 0 Å².